The number of carboxylic acid groups (broad SMARTS) is 1. The van der Waals surface area contributed by atoms with Crippen molar-refractivity contribution in [2.45, 2.75) is 46.6 Å². The molecule has 122 valence electrons. The van der Waals surface area contributed by atoms with E-state index in [0.717, 1.165) is 0 Å². The quantitative estimate of drug-likeness (QED) is 0.715. The van der Waals surface area contributed by atoms with E-state index in [1.165, 1.54) is 6.07 Å². The third kappa shape index (κ3) is 5.71. The molecule has 6 heteroatoms. The number of amides is 1. The third-order valence-corrected chi connectivity index (χ3v) is 3.10. The molecule has 0 aromatic carbocycles. The molecule has 1 aromatic heterocycles. The molecule has 0 aliphatic carbocycles. The zero-order valence-corrected chi connectivity index (χ0v) is 13.5. The Bertz CT molecular complexity index is 590. The maximum absolute atomic E-state index is 12.2. The van der Waals surface area contributed by atoms with Crippen LogP contribution in [0.5, 0.6) is 0 Å². The average Bonchev–Trinajstić information content (AvgIpc) is 2.35. The van der Waals surface area contributed by atoms with Crippen LogP contribution in [0.3, 0.4) is 0 Å². The van der Waals surface area contributed by atoms with Crippen molar-refractivity contribution in [3.05, 3.63) is 33.7 Å². The van der Waals surface area contributed by atoms with E-state index in [9.17, 15) is 14.4 Å². The number of hydrogen-bond donors (Lipinski definition) is 3. The van der Waals surface area contributed by atoms with Gasteiger partial charge in [0.2, 0.25) is 5.56 Å². The standard InChI is InChI=1S/C16H24N2O4/c1-9(2)5-12-7-11(8-14(19)17-12)15(20)18-13(16(21)22)6-10(3)4/h7-10,13H,5-6H2,1-4H3,(H,17,19)(H,18,20)(H,21,22). The van der Waals surface area contributed by atoms with E-state index >= 15 is 0 Å². The highest BCUT2D eigenvalue weighted by Crippen LogP contribution is 2.09. The van der Waals surface area contributed by atoms with Gasteiger partial charge in [-0.2, -0.15) is 0 Å². The number of pyridine rings is 1. The van der Waals surface area contributed by atoms with Crippen molar-refractivity contribution in [2.75, 3.05) is 0 Å². The molecule has 0 bridgehead atoms. The fraction of sp³-hybridized carbons (Fsp3) is 0.562. The number of carbonyl (C=O) groups is 2. The smallest absolute Gasteiger partial charge is 0.326 e. The lowest BCUT2D eigenvalue weighted by atomic mass is 10.0. The normalized spacial score (nSPS) is 12.5. The van der Waals surface area contributed by atoms with Crippen LogP contribution in [0.4, 0.5) is 0 Å². The van der Waals surface area contributed by atoms with E-state index < -0.39 is 17.9 Å². The summed E-state index contributed by atoms with van der Waals surface area (Å²) in [5, 5.41) is 11.6. The molecule has 1 atom stereocenters. The molecule has 0 aliphatic heterocycles. The molecule has 3 N–H and O–H groups in total. The van der Waals surface area contributed by atoms with E-state index in [4.69, 9.17) is 5.11 Å². The van der Waals surface area contributed by atoms with Crippen LogP contribution in [0.25, 0.3) is 0 Å². The highest BCUT2D eigenvalue weighted by Gasteiger charge is 2.22. The highest BCUT2D eigenvalue weighted by atomic mass is 16.4. The minimum atomic E-state index is -1.07. The lowest BCUT2D eigenvalue weighted by Gasteiger charge is -2.16. The van der Waals surface area contributed by atoms with Crippen molar-refractivity contribution in [3.63, 3.8) is 0 Å². The first-order chi connectivity index (χ1) is 10.2. The molecular weight excluding hydrogens is 284 g/mol. The van der Waals surface area contributed by atoms with Crippen LogP contribution in [0.2, 0.25) is 0 Å². The number of H-pyrrole nitrogens is 1. The summed E-state index contributed by atoms with van der Waals surface area (Å²) < 4.78 is 0. The van der Waals surface area contributed by atoms with Crippen LogP contribution in [0.1, 0.15) is 50.2 Å². The molecule has 0 saturated carbocycles. The van der Waals surface area contributed by atoms with Gasteiger partial charge in [-0.3, -0.25) is 9.59 Å². The predicted octanol–water partition coefficient (Wildman–Crippen LogP) is 1.80. The van der Waals surface area contributed by atoms with Crippen molar-refractivity contribution in [2.24, 2.45) is 11.8 Å². The SMILES string of the molecule is CC(C)Cc1cc(C(=O)NC(CC(C)C)C(=O)O)cc(=O)[nH]1. The average molecular weight is 308 g/mol. The number of hydrogen-bond acceptors (Lipinski definition) is 3. The molecule has 0 aliphatic rings. The Morgan fingerprint density at radius 1 is 1.18 bits per heavy atom. The summed E-state index contributed by atoms with van der Waals surface area (Å²) in [7, 11) is 0. The predicted molar refractivity (Wildman–Crippen MR) is 83.9 cm³/mol. The van der Waals surface area contributed by atoms with E-state index in [1.807, 2.05) is 27.7 Å². The van der Waals surface area contributed by atoms with Gasteiger partial charge < -0.3 is 15.4 Å². The zero-order valence-electron chi connectivity index (χ0n) is 13.5. The monoisotopic (exact) mass is 308 g/mol. The van der Waals surface area contributed by atoms with Crippen LogP contribution in [-0.4, -0.2) is 28.0 Å². The molecule has 1 heterocycles. The Morgan fingerprint density at radius 2 is 1.82 bits per heavy atom. The van der Waals surface area contributed by atoms with Crippen LogP contribution in [0.15, 0.2) is 16.9 Å². The molecule has 6 nitrogen and oxygen atoms in total. The Morgan fingerprint density at radius 3 is 2.32 bits per heavy atom. The lowest BCUT2D eigenvalue weighted by molar-refractivity contribution is -0.139. The number of rotatable bonds is 7. The fourth-order valence-corrected chi connectivity index (χ4v) is 2.22. The van der Waals surface area contributed by atoms with Crippen LogP contribution < -0.4 is 10.9 Å². The second-order valence-corrected chi connectivity index (χ2v) is 6.35. The summed E-state index contributed by atoms with van der Waals surface area (Å²) in [6.07, 6.45) is 0.980. The van der Waals surface area contributed by atoms with Crippen molar-refractivity contribution in [3.8, 4) is 0 Å². The summed E-state index contributed by atoms with van der Waals surface area (Å²) in [5.41, 5.74) is 0.497. The van der Waals surface area contributed by atoms with Gasteiger partial charge in [-0.15, -0.1) is 0 Å². The minimum absolute atomic E-state index is 0.136. The first-order valence-electron chi connectivity index (χ1n) is 7.46. The van der Waals surface area contributed by atoms with Gasteiger partial charge >= 0.3 is 5.97 Å². The minimum Gasteiger partial charge on any atom is -0.480 e. The van der Waals surface area contributed by atoms with Gasteiger partial charge in [0, 0.05) is 17.3 Å². The van der Waals surface area contributed by atoms with Crippen LogP contribution in [0, 0.1) is 11.8 Å². The van der Waals surface area contributed by atoms with E-state index in [0.29, 0.717) is 24.5 Å². The number of aromatic amines is 1. The van der Waals surface area contributed by atoms with E-state index in [1.54, 1.807) is 6.07 Å². The molecule has 1 rings (SSSR count). The summed E-state index contributed by atoms with van der Waals surface area (Å²) >= 11 is 0. The van der Waals surface area contributed by atoms with Crippen LogP contribution >= 0.6 is 0 Å². The lowest BCUT2D eigenvalue weighted by Crippen LogP contribution is -2.42. The molecule has 1 unspecified atom stereocenters. The van der Waals surface area contributed by atoms with Crippen molar-refractivity contribution < 1.29 is 14.7 Å². The molecule has 0 radical (unpaired) electrons. The van der Waals surface area contributed by atoms with Crippen molar-refractivity contribution in [1.29, 1.82) is 0 Å². The number of nitrogens with one attached hydrogen (secondary N) is 2. The topological polar surface area (TPSA) is 99.3 Å². The Labute approximate surface area is 129 Å². The number of aliphatic carboxylic acids is 1. The molecule has 1 amide bonds. The largest absolute Gasteiger partial charge is 0.480 e. The summed E-state index contributed by atoms with van der Waals surface area (Å²) in [6.45, 7) is 7.79. The fourth-order valence-electron chi connectivity index (χ4n) is 2.22. The summed E-state index contributed by atoms with van der Waals surface area (Å²) in [6, 6.07) is 1.83. The maximum atomic E-state index is 12.2. The van der Waals surface area contributed by atoms with Gasteiger partial charge in [0.1, 0.15) is 6.04 Å². The van der Waals surface area contributed by atoms with Gasteiger partial charge in [-0.1, -0.05) is 27.7 Å². The van der Waals surface area contributed by atoms with Gasteiger partial charge in [0.15, 0.2) is 0 Å². The Balaban J connectivity index is 2.94. The highest BCUT2D eigenvalue weighted by molar-refractivity contribution is 5.96. The zero-order chi connectivity index (χ0) is 16.9. The summed E-state index contributed by atoms with van der Waals surface area (Å²) in [4.78, 5) is 37.7. The van der Waals surface area contributed by atoms with E-state index in [2.05, 4.69) is 10.3 Å². The molecule has 0 saturated heterocycles. The second kappa shape index (κ2) is 7.77. The van der Waals surface area contributed by atoms with Crippen LogP contribution in [-0.2, 0) is 11.2 Å². The van der Waals surface area contributed by atoms with Gasteiger partial charge in [0.05, 0.1) is 0 Å². The number of aromatic nitrogens is 1. The van der Waals surface area contributed by atoms with Gasteiger partial charge in [-0.05, 0) is 30.7 Å². The first kappa shape index (κ1) is 17.9. The third-order valence-electron chi connectivity index (χ3n) is 3.10. The summed E-state index contributed by atoms with van der Waals surface area (Å²) in [5.74, 6) is -1.14. The molecule has 22 heavy (non-hydrogen) atoms. The van der Waals surface area contributed by atoms with E-state index in [-0.39, 0.29) is 17.0 Å². The number of carbonyl (C=O) groups excluding carboxylic acids is 1. The molecular formula is C16H24N2O4. The van der Waals surface area contributed by atoms with Gasteiger partial charge in [-0.25, -0.2) is 4.79 Å². The molecule has 0 fully saturated rings. The van der Waals surface area contributed by atoms with Gasteiger partial charge in [0.25, 0.3) is 5.91 Å². The van der Waals surface area contributed by atoms with Crippen molar-refractivity contribution in [1.82, 2.24) is 10.3 Å². The maximum Gasteiger partial charge on any atom is 0.326 e. The Kier molecular flexibility index (Phi) is 6.34. The molecule has 0 spiro atoms. The Hall–Kier alpha value is -2.11. The number of carboxylic acids is 1. The first-order valence-corrected chi connectivity index (χ1v) is 7.46. The molecule has 1 aromatic rings. The van der Waals surface area contributed by atoms with Crippen molar-refractivity contribution >= 4 is 11.9 Å². The second-order valence-electron chi connectivity index (χ2n) is 6.35.